The molecule has 0 aliphatic carbocycles. The van der Waals surface area contributed by atoms with Gasteiger partial charge in [0, 0.05) is 18.6 Å². The van der Waals surface area contributed by atoms with Crippen molar-refractivity contribution in [2.75, 3.05) is 18.5 Å². The van der Waals surface area contributed by atoms with E-state index < -0.39 is 0 Å². The van der Waals surface area contributed by atoms with Gasteiger partial charge in [0.1, 0.15) is 13.2 Å². The first kappa shape index (κ1) is 16.2. The third kappa shape index (κ3) is 3.79. The maximum Gasteiger partial charge on any atom is 0.224 e. The summed E-state index contributed by atoms with van der Waals surface area (Å²) in [4.78, 5) is 12.1. The average Bonchev–Trinajstić information content (AvgIpc) is 2.61. The molecule has 24 heavy (non-hydrogen) atoms. The summed E-state index contributed by atoms with van der Waals surface area (Å²) in [5, 5.41) is 12.0. The first-order valence-corrected chi connectivity index (χ1v) is 7.91. The number of ether oxygens (including phenoxy) is 2. The summed E-state index contributed by atoms with van der Waals surface area (Å²) >= 11 is 6.17. The quantitative estimate of drug-likeness (QED) is 0.922. The lowest BCUT2D eigenvalue weighted by Gasteiger charge is -2.20. The van der Waals surface area contributed by atoms with E-state index in [2.05, 4.69) is 11.4 Å². The number of nitrogens with one attached hydrogen (secondary N) is 1. The lowest BCUT2D eigenvalue weighted by molar-refractivity contribution is -0.116. The van der Waals surface area contributed by atoms with Gasteiger partial charge >= 0.3 is 0 Å². The number of hydrogen-bond donors (Lipinski definition) is 1. The molecular weight excluding hydrogens is 328 g/mol. The second kappa shape index (κ2) is 7.24. The Morgan fingerprint density at radius 1 is 1.17 bits per heavy atom. The molecule has 0 fully saturated rings. The number of benzene rings is 2. The second-order valence-electron chi connectivity index (χ2n) is 5.33. The van der Waals surface area contributed by atoms with Crippen molar-refractivity contribution in [2.45, 2.75) is 12.8 Å². The zero-order valence-electron chi connectivity index (χ0n) is 12.8. The SMILES string of the molecule is N#Cc1ccc(CCC(=O)Nc2cc3c(cc2Cl)OCCO3)cc1. The molecular formula is C18H15ClN2O3. The Kier molecular flexibility index (Phi) is 4.88. The molecule has 0 bridgehead atoms. The van der Waals surface area contributed by atoms with E-state index in [4.69, 9.17) is 26.3 Å². The summed E-state index contributed by atoms with van der Waals surface area (Å²) in [6, 6.07) is 12.6. The lowest BCUT2D eigenvalue weighted by atomic mass is 10.1. The van der Waals surface area contributed by atoms with Crippen molar-refractivity contribution in [2.24, 2.45) is 0 Å². The molecule has 2 aromatic rings. The molecule has 1 aliphatic rings. The first-order valence-electron chi connectivity index (χ1n) is 7.54. The highest BCUT2D eigenvalue weighted by atomic mass is 35.5. The number of nitriles is 1. The van der Waals surface area contributed by atoms with Gasteiger partial charge in [-0.3, -0.25) is 4.79 Å². The molecule has 122 valence electrons. The van der Waals surface area contributed by atoms with Crippen LogP contribution in [0, 0.1) is 11.3 Å². The minimum atomic E-state index is -0.141. The summed E-state index contributed by atoms with van der Waals surface area (Å²) in [5.41, 5.74) is 2.11. The number of aryl methyl sites for hydroxylation is 1. The van der Waals surface area contributed by atoms with Gasteiger partial charge in [-0.1, -0.05) is 23.7 Å². The van der Waals surface area contributed by atoms with Gasteiger partial charge in [-0.2, -0.15) is 5.26 Å². The summed E-state index contributed by atoms with van der Waals surface area (Å²) in [7, 11) is 0. The molecule has 0 atom stereocenters. The van der Waals surface area contributed by atoms with Crippen LogP contribution in [-0.2, 0) is 11.2 Å². The van der Waals surface area contributed by atoms with Crippen LogP contribution in [0.3, 0.4) is 0 Å². The van der Waals surface area contributed by atoms with Crippen LogP contribution >= 0.6 is 11.6 Å². The number of fused-ring (bicyclic) bond motifs is 1. The third-order valence-corrected chi connectivity index (χ3v) is 3.94. The molecule has 1 amide bonds. The van der Waals surface area contributed by atoms with Gasteiger partial charge < -0.3 is 14.8 Å². The highest BCUT2D eigenvalue weighted by Gasteiger charge is 2.16. The monoisotopic (exact) mass is 342 g/mol. The molecule has 0 unspecified atom stereocenters. The van der Waals surface area contributed by atoms with Crippen molar-refractivity contribution in [1.82, 2.24) is 0 Å². The Labute approximate surface area is 144 Å². The molecule has 3 rings (SSSR count). The van der Waals surface area contributed by atoms with Crippen LogP contribution in [0.2, 0.25) is 5.02 Å². The topological polar surface area (TPSA) is 71.4 Å². The van der Waals surface area contributed by atoms with Crippen LogP contribution in [0.5, 0.6) is 11.5 Å². The highest BCUT2D eigenvalue weighted by molar-refractivity contribution is 6.34. The van der Waals surface area contributed by atoms with Crippen LogP contribution in [-0.4, -0.2) is 19.1 Å². The average molecular weight is 343 g/mol. The summed E-state index contributed by atoms with van der Waals surface area (Å²) in [6.45, 7) is 0.959. The maximum atomic E-state index is 12.1. The fraction of sp³-hybridized carbons (Fsp3) is 0.222. The zero-order valence-corrected chi connectivity index (χ0v) is 13.6. The van der Waals surface area contributed by atoms with Crippen molar-refractivity contribution >= 4 is 23.2 Å². The molecule has 2 aromatic carbocycles. The molecule has 5 nitrogen and oxygen atoms in total. The van der Waals surface area contributed by atoms with E-state index in [-0.39, 0.29) is 5.91 Å². The molecule has 1 aliphatic heterocycles. The molecule has 0 aromatic heterocycles. The highest BCUT2D eigenvalue weighted by Crippen LogP contribution is 2.37. The molecule has 0 saturated carbocycles. The van der Waals surface area contributed by atoms with E-state index in [9.17, 15) is 4.79 Å². The van der Waals surface area contributed by atoms with E-state index in [0.29, 0.717) is 53.8 Å². The number of carbonyl (C=O) groups is 1. The Hall–Kier alpha value is -2.71. The second-order valence-corrected chi connectivity index (χ2v) is 5.74. The van der Waals surface area contributed by atoms with Crippen molar-refractivity contribution in [3.63, 3.8) is 0 Å². The Bertz CT molecular complexity index is 797. The van der Waals surface area contributed by atoms with E-state index in [0.717, 1.165) is 5.56 Å². The Balaban J connectivity index is 1.61. The molecule has 0 spiro atoms. The number of carbonyl (C=O) groups excluding carboxylic acids is 1. The summed E-state index contributed by atoms with van der Waals surface area (Å²) in [5.74, 6) is 1.02. The molecule has 6 heteroatoms. The van der Waals surface area contributed by atoms with E-state index in [1.807, 2.05) is 12.1 Å². The predicted octanol–water partition coefficient (Wildman–Crippen LogP) is 3.55. The van der Waals surface area contributed by atoms with Crippen LogP contribution in [0.15, 0.2) is 36.4 Å². The minimum Gasteiger partial charge on any atom is -0.486 e. The van der Waals surface area contributed by atoms with Gasteiger partial charge in [-0.25, -0.2) is 0 Å². The van der Waals surface area contributed by atoms with Crippen molar-refractivity contribution in [1.29, 1.82) is 5.26 Å². The van der Waals surface area contributed by atoms with Crippen molar-refractivity contribution in [3.8, 4) is 17.6 Å². The number of amides is 1. The van der Waals surface area contributed by atoms with Gasteiger partial charge in [0.15, 0.2) is 11.5 Å². The predicted molar refractivity (Wildman–Crippen MR) is 90.5 cm³/mol. The number of halogens is 1. The summed E-state index contributed by atoms with van der Waals surface area (Å²) < 4.78 is 10.9. The summed E-state index contributed by atoms with van der Waals surface area (Å²) in [6.07, 6.45) is 0.899. The largest absolute Gasteiger partial charge is 0.486 e. The maximum absolute atomic E-state index is 12.1. The number of anilines is 1. The lowest BCUT2D eigenvalue weighted by Crippen LogP contribution is -2.17. The van der Waals surface area contributed by atoms with Gasteiger partial charge in [0.2, 0.25) is 5.91 Å². The van der Waals surface area contributed by atoms with E-state index in [1.54, 1.807) is 24.3 Å². The number of hydrogen-bond acceptors (Lipinski definition) is 4. The zero-order chi connectivity index (χ0) is 16.9. The first-order chi connectivity index (χ1) is 11.7. The van der Waals surface area contributed by atoms with E-state index in [1.165, 1.54) is 0 Å². The number of nitrogens with zero attached hydrogens (tertiary/aromatic N) is 1. The third-order valence-electron chi connectivity index (χ3n) is 3.63. The standard InChI is InChI=1S/C18H15ClN2O3/c19-14-9-16-17(24-8-7-23-16)10-15(14)21-18(22)6-5-12-1-3-13(11-20)4-2-12/h1-4,9-10H,5-8H2,(H,21,22). The fourth-order valence-corrected chi connectivity index (χ4v) is 2.58. The smallest absolute Gasteiger partial charge is 0.224 e. The van der Waals surface area contributed by atoms with E-state index >= 15 is 0 Å². The fourth-order valence-electron chi connectivity index (χ4n) is 2.38. The van der Waals surface area contributed by atoms with Crippen LogP contribution < -0.4 is 14.8 Å². The normalized spacial score (nSPS) is 12.3. The Morgan fingerprint density at radius 3 is 2.50 bits per heavy atom. The minimum absolute atomic E-state index is 0.141. The molecule has 1 N–H and O–H groups in total. The van der Waals surface area contributed by atoms with Crippen LogP contribution in [0.25, 0.3) is 0 Å². The van der Waals surface area contributed by atoms with Crippen molar-refractivity contribution < 1.29 is 14.3 Å². The van der Waals surface area contributed by atoms with Gasteiger partial charge in [-0.05, 0) is 24.1 Å². The molecule has 0 saturated heterocycles. The van der Waals surface area contributed by atoms with Gasteiger partial charge in [0.25, 0.3) is 0 Å². The molecule has 0 radical (unpaired) electrons. The van der Waals surface area contributed by atoms with Crippen LogP contribution in [0.1, 0.15) is 17.5 Å². The van der Waals surface area contributed by atoms with Crippen molar-refractivity contribution in [3.05, 3.63) is 52.5 Å². The Morgan fingerprint density at radius 2 is 1.83 bits per heavy atom. The van der Waals surface area contributed by atoms with Crippen LogP contribution in [0.4, 0.5) is 5.69 Å². The van der Waals surface area contributed by atoms with Gasteiger partial charge in [-0.15, -0.1) is 0 Å². The number of rotatable bonds is 4. The van der Waals surface area contributed by atoms with Gasteiger partial charge in [0.05, 0.1) is 22.3 Å². The molecule has 1 heterocycles.